The molecule has 130 heavy (non-hydrogen) atoms. The number of rotatable bonds is 16. The number of nitrogens with one attached hydrogen (secondary N) is 8. The molecule has 690 valence electrons. The van der Waals surface area contributed by atoms with E-state index >= 15 is 24.0 Å². The van der Waals surface area contributed by atoms with Gasteiger partial charge in [-0.05, 0) is 135 Å². The molecule has 1 unspecified atom stereocenters. The Kier molecular flexibility index (Phi) is 26.6. The number of phenolic OH excluding ortho intramolecular Hbond substituents is 3. The van der Waals surface area contributed by atoms with Gasteiger partial charge < -0.3 is 167 Å². The number of unbranched alkanes of at least 4 members (excludes halogenated alkanes) is 2. The molecule has 7 aromatic carbocycles. The number of carbonyl (C=O) groups excluding carboxylic acids is 8. The van der Waals surface area contributed by atoms with Gasteiger partial charge in [0.2, 0.25) is 65.1 Å². The number of benzene rings is 7. The molecule has 10 aliphatic rings. The molecule has 45 heteroatoms. The number of carbonyl (C=O) groups is 10. The molecule has 0 saturated carbocycles. The van der Waals surface area contributed by atoms with Crippen molar-refractivity contribution in [3.8, 4) is 68.6 Å². The fraction of sp³-hybridized carbons (Fsp3) is 0.388. The molecule has 0 spiro atoms. The summed E-state index contributed by atoms with van der Waals surface area (Å²) in [5.74, 6) is -23.5. The Morgan fingerprint density at radius 3 is 1.77 bits per heavy atom. The normalized spacial score (nSPS) is 30.5. The minimum atomic E-state index is -3.19. The predicted molar refractivity (Wildman–Crippen MR) is 437 cm³/mol. The average molecular weight is 1850 g/mol. The highest BCUT2D eigenvalue weighted by molar-refractivity contribution is 6.32. The molecule has 24 atom stereocenters. The van der Waals surface area contributed by atoms with Crippen molar-refractivity contribution in [2.45, 2.75) is 192 Å². The van der Waals surface area contributed by atoms with Crippen LogP contribution in [-0.2, 0) is 83.8 Å². The quantitative estimate of drug-likeness (QED) is 0.0413. The zero-order chi connectivity index (χ0) is 93.2. The average Bonchev–Trinajstić information content (AvgIpc) is 1.55. The molecular formula is C85H87Cl2N9O34. The van der Waals surface area contributed by atoms with Crippen LogP contribution in [-0.4, -0.2) is 253 Å². The van der Waals surface area contributed by atoms with Gasteiger partial charge in [0.25, 0.3) is 0 Å². The largest absolute Gasteiger partial charge is 0.508 e. The number of nitrogens with two attached hydrogens (primary N) is 1. The number of carboxylic acids is 2. The van der Waals surface area contributed by atoms with Gasteiger partial charge in [-0.3, -0.25) is 38.4 Å². The lowest BCUT2D eigenvalue weighted by Crippen LogP contribution is -2.66. The highest BCUT2D eigenvalue weighted by atomic mass is 35.5. The molecular weight excluding hydrogens is 1760 g/mol. The summed E-state index contributed by atoms with van der Waals surface area (Å²) in [6, 6.07) is 0.459. The number of carboxylic acid groups (broad SMARTS) is 2. The van der Waals surface area contributed by atoms with Crippen molar-refractivity contribution in [3.63, 3.8) is 0 Å². The molecule has 3 fully saturated rings. The third kappa shape index (κ3) is 18.2. The molecule has 0 aromatic heterocycles. The van der Waals surface area contributed by atoms with E-state index in [1.165, 1.54) is 30.3 Å². The van der Waals surface area contributed by atoms with Gasteiger partial charge in [-0.1, -0.05) is 73.3 Å². The van der Waals surface area contributed by atoms with Crippen LogP contribution in [0.25, 0.3) is 11.1 Å². The van der Waals surface area contributed by atoms with E-state index in [2.05, 4.69) is 42.5 Å². The summed E-state index contributed by atoms with van der Waals surface area (Å²) in [7, 11) is 0. The first-order valence-corrected chi connectivity index (χ1v) is 41.3. The second-order valence-corrected chi connectivity index (χ2v) is 32.9. The van der Waals surface area contributed by atoms with Gasteiger partial charge >= 0.3 is 11.9 Å². The van der Waals surface area contributed by atoms with Crippen molar-refractivity contribution < 1.29 is 167 Å². The van der Waals surface area contributed by atoms with Gasteiger partial charge in [-0.2, -0.15) is 0 Å². The molecule has 0 radical (unpaired) electrons. The molecule has 43 nitrogen and oxygen atoms in total. The van der Waals surface area contributed by atoms with E-state index in [4.69, 9.17) is 71.6 Å². The zero-order valence-corrected chi connectivity index (χ0v) is 69.5. The maximum absolute atomic E-state index is 17.0. The van der Waals surface area contributed by atoms with Crippen LogP contribution in [0.3, 0.4) is 0 Å². The van der Waals surface area contributed by atoms with E-state index in [-0.39, 0.29) is 40.5 Å². The van der Waals surface area contributed by atoms with E-state index in [0.29, 0.717) is 12.8 Å². The minimum Gasteiger partial charge on any atom is -0.508 e. The van der Waals surface area contributed by atoms with Crippen LogP contribution in [0.15, 0.2) is 115 Å². The lowest BCUT2D eigenvalue weighted by atomic mass is 9.90. The Hall–Kier alpha value is -12.2. The molecule has 9 aliphatic heterocycles. The SMILES string of the molecule is CCCCCC(=O)N[C@H]1[C@H](Oc2c3cc4cc2Oc2ccc(cc2Cl)[C@@H](O[C@@H]2O[C@H](CO)[C@@H](O)[C@H](O)[C@H]2NC(C)=O)[C@@H]2NC(=O)[C@H](NC(=O)[C@@H]4NC(=O)[C@H]4NC(=O)[C@@H](Cc5ccc(c(Cl)c5)O3)NC(=O)[C@H](N)c3ccc(O)c(c3)Oc3cc(O)cc4c3)c3ccc4c(c3)-c3c(cc(O)cc3C4(O)O[C@H]3O[C@H](CO)[C@@H](O)[C@H](O)[C@@H]3O)[C@@H](C(=O)O)NC2=O)O[C@H](C(=O)O)[C@@H](O)[C@@H]1O. The number of fused-ring (bicyclic) bond motifs is 11. The second-order valence-electron chi connectivity index (χ2n) is 32.1. The number of hydrogen-bond donors (Lipinski definition) is 24. The summed E-state index contributed by atoms with van der Waals surface area (Å²) in [5, 5.41) is 190. The van der Waals surface area contributed by atoms with Crippen LogP contribution < -0.4 is 67.2 Å². The number of aliphatic hydroxyl groups excluding tert-OH is 9. The van der Waals surface area contributed by atoms with Crippen molar-refractivity contribution in [1.82, 2.24) is 42.5 Å². The summed E-state index contributed by atoms with van der Waals surface area (Å²) >= 11 is 14.6. The molecule has 7 aromatic rings. The van der Waals surface area contributed by atoms with E-state index in [1.54, 1.807) is 0 Å². The van der Waals surface area contributed by atoms with Gasteiger partial charge in [0.05, 0.1) is 23.3 Å². The highest BCUT2D eigenvalue weighted by Gasteiger charge is 2.56. The third-order valence-electron chi connectivity index (χ3n) is 23.3. The van der Waals surface area contributed by atoms with E-state index < -0.39 is 326 Å². The van der Waals surface area contributed by atoms with Crippen LogP contribution in [0.5, 0.6) is 57.5 Å². The van der Waals surface area contributed by atoms with Gasteiger partial charge in [0.15, 0.2) is 47.7 Å². The summed E-state index contributed by atoms with van der Waals surface area (Å²) in [6.45, 7) is 0.667. The van der Waals surface area contributed by atoms with E-state index in [9.17, 15) is 101 Å². The number of aromatic hydroxyl groups is 3. The molecule has 17 bridgehead atoms. The first-order chi connectivity index (χ1) is 61.8. The fourth-order valence-electron chi connectivity index (χ4n) is 16.6. The van der Waals surface area contributed by atoms with E-state index in [1.807, 2.05) is 6.92 Å². The maximum atomic E-state index is 17.0. The van der Waals surface area contributed by atoms with Gasteiger partial charge in [-0.25, -0.2) is 9.59 Å². The van der Waals surface area contributed by atoms with Crippen molar-refractivity contribution in [1.29, 1.82) is 0 Å². The smallest absolute Gasteiger partial charge is 0.335 e. The van der Waals surface area contributed by atoms with Crippen LogP contribution >= 0.6 is 23.2 Å². The Balaban J connectivity index is 1.00. The molecule has 17 rings (SSSR count). The van der Waals surface area contributed by atoms with Crippen LogP contribution in [0.2, 0.25) is 10.0 Å². The Morgan fingerprint density at radius 1 is 0.531 bits per heavy atom. The van der Waals surface area contributed by atoms with Crippen molar-refractivity contribution in [3.05, 3.63) is 175 Å². The summed E-state index contributed by atoms with van der Waals surface area (Å²) in [5.41, 5.74) is 2.08. The lowest BCUT2D eigenvalue weighted by Gasteiger charge is -2.44. The van der Waals surface area contributed by atoms with Crippen LogP contribution in [0, 0.1) is 0 Å². The Labute approximate surface area is 743 Å². The van der Waals surface area contributed by atoms with Crippen molar-refractivity contribution in [2.75, 3.05) is 13.2 Å². The number of phenols is 3. The second kappa shape index (κ2) is 37.3. The number of halogens is 2. The van der Waals surface area contributed by atoms with Crippen molar-refractivity contribution >= 4 is 82.4 Å². The van der Waals surface area contributed by atoms with Crippen LogP contribution in [0.4, 0.5) is 0 Å². The minimum absolute atomic E-state index is 0.0130. The third-order valence-corrected chi connectivity index (χ3v) is 23.8. The molecule has 9 heterocycles. The molecule has 25 N–H and O–H groups in total. The zero-order valence-electron chi connectivity index (χ0n) is 68.0. The first kappa shape index (κ1) is 92.5. The Bertz CT molecular complexity index is 5680. The standard InChI is InChI=1S/C85H87Cl2N9O34/c1-3-4-5-6-54(103)91-62-67(107)69(109)73(81(119)120)129-83(62)128-72-50-22-35-23-51(72)124-48-14-10-33(20-44(48)87)71(127-82-61(89-29(2)99)66(106)64(104)52(27-97)125-82)63-79(116)95-60(80(117)118)40-25-37(101)26-42-55(40)39-19-32(8-11-41(39)85(42,121)130-84-70(110)68(108)65(105)53(28-98)126-84)57(76(113)96-63)93-78(115)59(35)94-77(114)58-34-17-36(100)24-38(18-34)122-49-21-31(9-12-46(49)102)56(88)75(112)90-45(74(111)92-58)16-30-7-13-47(123-50)43(86)15-30/h7-15,17-26,45,52-53,56-71,73,82-84,97-98,100-102,104-110,121H,3-6,16,27-28,88H2,1-2H3,(H,89,99)(H,90,112)(H,91,103)(H,92,111)(H,93,115)(H,94,114)(H,95,116)(H,96,113)(H,117,118)(H,119,120)/t45-,52-,53-,56-,57-,58+,59-,60+,61-,62-,63+,64-,65-,66-,67-,68+,69+,70+,71-,73+,82+,83-,84-,85?/m1/s1. The maximum Gasteiger partial charge on any atom is 0.335 e. The summed E-state index contributed by atoms with van der Waals surface area (Å²) in [6.07, 6.45) is -29.7. The molecule has 1 aliphatic carbocycles. The first-order valence-electron chi connectivity index (χ1n) is 40.6. The number of aliphatic hydroxyl groups is 10. The summed E-state index contributed by atoms with van der Waals surface area (Å²) in [4.78, 5) is 151. The number of ether oxygens (including phenoxy) is 9. The lowest BCUT2D eigenvalue weighted by molar-refractivity contribution is -0.355. The molecule has 8 amide bonds. The number of aliphatic carboxylic acids is 2. The van der Waals surface area contributed by atoms with Crippen LogP contribution in [0.1, 0.15) is 126 Å². The van der Waals surface area contributed by atoms with Gasteiger partial charge in [0.1, 0.15) is 138 Å². The van der Waals surface area contributed by atoms with Crippen molar-refractivity contribution in [2.24, 2.45) is 5.73 Å². The fourth-order valence-corrected chi connectivity index (χ4v) is 17.1. The van der Waals surface area contributed by atoms with E-state index in [0.717, 1.165) is 91.9 Å². The molecule has 3 saturated heterocycles. The number of hydrogen-bond acceptors (Lipinski definition) is 33. The topological polar surface area (TPSA) is 679 Å². The number of amides is 8. The Morgan fingerprint density at radius 2 is 1.12 bits per heavy atom. The monoisotopic (exact) mass is 1850 g/mol. The highest BCUT2D eigenvalue weighted by Crippen LogP contribution is 2.55. The van der Waals surface area contributed by atoms with Gasteiger partial charge in [0, 0.05) is 37.0 Å². The predicted octanol–water partition coefficient (Wildman–Crippen LogP) is -0.865. The summed E-state index contributed by atoms with van der Waals surface area (Å²) < 4.78 is 56.9. The van der Waals surface area contributed by atoms with Gasteiger partial charge in [-0.15, -0.1) is 0 Å².